The van der Waals surface area contributed by atoms with Gasteiger partial charge in [-0.25, -0.2) is 4.79 Å². The molecule has 1 amide bonds. The van der Waals surface area contributed by atoms with Gasteiger partial charge in [0.1, 0.15) is 5.60 Å². The SMILES string of the molecule is CC(C)(C)OC(=O)Nc1cc(N2CCCC2)c(Cl)cc1N. The Balaban J connectivity index is 2.19. The lowest BCUT2D eigenvalue weighted by atomic mass is 10.2. The number of nitrogens with one attached hydrogen (secondary N) is 1. The van der Waals surface area contributed by atoms with E-state index in [1.54, 1.807) is 6.07 Å². The van der Waals surface area contributed by atoms with E-state index >= 15 is 0 Å². The van der Waals surface area contributed by atoms with Crippen LogP contribution in [0.1, 0.15) is 33.6 Å². The molecular weight excluding hydrogens is 290 g/mol. The molecule has 0 bridgehead atoms. The van der Waals surface area contributed by atoms with Crippen molar-refractivity contribution in [3.05, 3.63) is 17.2 Å². The Morgan fingerprint density at radius 3 is 2.52 bits per heavy atom. The molecule has 0 atom stereocenters. The van der Waals surface area contributed by atoms with Gasteiger partial charge in [0.25, 0.3) is 0 Å². The lowest BCUT2D eigenvalue weighted by molar-refractivity contribution is 0.0636. The van der Waals surface area contributed by atoms with Gasteiger partial charge in [-0.05, 0) is 45.7 Å². The summed E-state index contributed by atoms with van der Waals surface area (Å²) in [5.41, 5.74) is 7.22. The number of halogens is 1. The third-order valence-electron chi connectivity index (χ3n) is 3.20. The number of nitrogens with two attached hydrogens (primary N) is 1. The lowest BCUT2D eigenvalue weighted by Crippen LogP contribution is -2.27. The summed E-state index contributed by atoms with van der Waals surface area (Å²) in [6, 6.07) is 3.48. The number of amides is 1. The Hall–Kier alpha value is -1.62. The minimum absolute atomic E-state index is 0.425. The number of ether oxygens (including phenoxy) is 1. The summed E-state index contributed by atoms with van der Waals surface area (Å²) in [5, 5.41) is 3.29. The highest BCUT2D eigenvalue weighted by Crippen LogP contribution is 2.35. The standard InChI is InChI=1S/C15H22ClN3O2/c1-15(2,3)21-14(20)18-12-9-13(10(16)8-11(12)17)19-6-4-5-7-19/h8-9H,4-7,17H2,1-3H3,(H,18,20). The first-order valence-corrected chi connectivity index (χ1v) is 7.48. The molecule has 1 aromatic carbocycles. The summed E-state index contributed by atoms with van der Waals surface area (Å²) in [5.74, 6) is 0. The van der Waals surface area contributed by atoms with Crippen molar-refractivity contribution in [2.24, 2.45) is 0 Å². The van der Waals surface area contributed by atoms with E-state index in [0.717, 1.165) is 31.6 Å². The lowest BCUT2D eigenvalue weighted by Gasteiger charge is -2.23. The third kappa shape index (κ3) is 4.17. The van der Waals surface area contributed by atoms with E-state index in [1.807, 2.05) is 26.8 Å². The van der Waals surface area contributed by atoms with E-state index in [4.69, 9.17) is 22.1 Å². The predicted octanol–water partition coefficient (Wildman–Crippen LogP) is 3.87. The van der Waals surface area contributed by atoms with Gasteiger partial charge >= 0.3 is 6.09 Å². The Morgan fingerprint density at radius 1 is 1.33 bits per heavy atom. The Labute approximate surface area is 130 Å². The van der Waals surface area contributed by atoms with Crippen molar-refractivity contribution in [2.75, 3.05) is 29.0 Å². The number of anilines is 3. The Morgan fingerprint density at radius 2 is 1.95 bits per heavy atom. The van der Waals surface area contributed by atoms with Gasteiger partial charge in [0, 0.05) is 13.1 Å². The smallest absolute Gasteiger partial charge is 0.412 e. The molecule has 0 aromatic heterocycles. The van der Waals surface area contributed by atoms with Crippen LogP contribution in [0.15, 0.2) is 12.1 Å². The van der Waals surface area contributed by atoms with E-state index in [2.05, 4.69) is 10.2 Å². The van der Waals surface area contributed by atoms with Gasteiger partial charge in [-0.2, -0.15) is 0 Å². The van der Waals surface area contributed by atoms with Gasteiger partial charge in [-0.15, -0.1) is 0 Å². The zero-order valence-electron chi connectivity index (χ0n) is 12.7. The molecule has 1 aliphatic rings. The number of benzene rings is 1. The van der Waals surface area contributed by atoms with E-state index in [1.165, 1.54) is 0 Å². The molecule has 2 rings (SSSR count). The first-order valence-electron chi connectivity index (χ1n) is 7.10. The van der Waals surface area contributed by atoms with Crippen LogP contribution in [-0.2, 0) is 4.74 Å². The fraction of sp³-hybridized carbons (Fsp3) is 0.533. The van der Waals surface area contributed by atoms with Crippen LogP contribution in [0.2, 0.25) is 5.02 Å². The fourth-order valence-electron chi connectivity index (χ4n) is 2.30. The van der Waals surface area contributed by atoms with Crippen LogP contribution >= 0.6 is 11.6 Å². The van der Waals surface area contributed by atoms with Crippen LogP contribution in [0.3, 0.4) is 0 Å². The van der Waals surface area contributed by atoms with Gasteiger partial charge in [0.15, 0.2) is 0 Å². The van der Waals surface area contributed by atoms with Gasteiger partial charge in [0.05, 0.1) is 22.1 Å². The zero-order valence-corrected chi connectivity index (χ0v) is 13.5. The molecule has 0 radical (unpaired) electrons. The van der Waals surface area contributed by atoms with Crippen molar-refractivity contribution in [1.82, 2.24) is 0 Å². The summed E-state index contributed by atoms with van der Waals surface area (Å²) in [6.45, 7) is 7.37. The average molecular weight is 312 g/mol. The summed E-state index contributed by atoms with van der Waals surface area (Å²) in [6.07, 6.45) is 1.77. The van der Waals surface area contributed by atoms with Gasteiger partial charge in [0.2, 0.25) is 0 Å². The van der Waals surface area contributed by atoms with E-state index < -0.39 is 11.7 Å². The van der Waals surface area contributed by atoms with E-state index in [9.17, 15) is 4.79 Å². The molecular formula is C15H22ClN3O2. The van der Waals surface area contributed by atoms with Gasteiger partial charge in [-0.1, -0.05) is 11.6 Å². The molecule has 1 fully saturated rings. The van der Waals surface area contributed by atoms with Crippen molar-refractivity contribution in [3.63, 3.8) is 0 Å². The number of hydrogen-bond acceptors (Lipinski definition) is 4. The Bertz CT molecular complexity index is 534. The quantitative estimate of drug-likeness (QED) is 0.814. The van der Waals surface area contributed by atoms with Crippen molar-refractivity contribution in [1.29, 1.82) is 0 Å². The van der Waals surface area contributed by atoms with Crippen LogP contribution in [0, 0.1) is 0 Å². The first kappa shape index (κ1) is 15.8. The monoisotopic (exact) mass is 311 g/mol. The first-order chi connectivity index (χ1) is 9.76. The molecule has 1 aromatic rings. The summed E-state index contributed by atoms with van der Waals surface area (Å²) in [4.78, 5) is 14.1. The number of nitrogens with zero attached hydrogens (tertiary/aromatic N) is 1. The molecule has 21 heavy (non-hydrogen) atoms. The van der Waals surface area contributed by atoms with Gasteiger partial charge in [-0.3, -0.25) is 5.32 Å². The van der Waals surface area contributed by atoms with Crippen molar-refractivity contribution < 1.29 is 9.53 Å². The molecule has 1 aliphatic heterocycles. The predicted molar refractivity (Wildman–Crippen MR) is 87.2 cm³/mol. The Kier molecular flexibility index (Phi) is 4.52. The highest BCUT2D eigenvalue weighted by Gasteiger charge is 2.20. The van der Waals surface area contributed by atoms with Crippen molar-refractivity contribution in [2.45, 2.75) is 39.2 Å². The highest BCUT2D eigenvalue weighted by molar-refractivity contribution is 6.33. The molecule has 0 aliphatic carbocycles. The summed E-state index contributed by atoms with van der Waals surface area (Å²) < 4.78 is 5.24. The normalized spacial score (nSPS) is 15.1. The summed E-state index contributed by atoms with van der Waals surface area (Å²) >= 11 is 6.26. The van der Waals surface area contributed by atoms with Crippen LogP contribution in [0.4, 0.5) is 21.9 Å². The maximum atomic E-state index is 11.9. The number of carbonyl (C=O) groups is 1. The van der Waals surface area contributed by atoms with E-state index in [-0.39, 0.29) is 0 Å². The molecule has 5 nitrogen and oxygen atoms in total. The maximum Gasteiger partial charge on any atom is 0.412 e. The second-order valence-electron chi connectivity index (χ2n) is 6.21. The van der Waals surface area contributed by atoms with Gasteiger partial charge < -0.3 is 15.4 Å². The largest absolute Gasteiger partial charge is 0.444 e. The molecule has 0 spiro atoms. The third-order valence-corrected chi connectivity index (χ3v) is 3.50. The molecule has 1 saturated heterocycles. The molecule has 3 N–H and O–H groups in total. The second kappa shape index (κ2) is 6.02. The van der Waals surface area contributed by atoms with Crippen LogP contribution < -0.4 is 16.0 Å². The second-order valence-corrected chi connectivity index (χ2v) is 6.62. The summed E-state index contributed by atoms with van der Waals surface area (Å²) in [7, 11) is 0. The van der Waals surface area contributed by atoms with E-state index in [0.29, 0.717) is 16.4 Å². The van der Waals surface area contributed by atoms with Crippen LogP contribution in [0.5, 0.6) is 0 Å². The zero-order chi connectivity index (χ0) is 15.6. The fourth-order valence-corrected chi connectivity index (χ4v) is 2.59. The minimum atomic E-state index is -0.553. The topological polar surface area (TPSA) is 67.6 Å². The molecule has 1 heterocycles. The minimum Gasteiger partial charge on any atom is -0.444 e. The number of rotatable bonds is 2. The highest BCUT2D eigenvalue weighted by atomic mass is 35.5. The molecule has 0 saturated carbocycles. The average Bonchev–Trinajstić information content (AvgIpc) is 2.83. The van der Waals surface area contributed by atoms with Crippen LogP contribution in [-0.4, -0.2) is 24.8 Å². The number of nitrogen functional groups attached to an aromatic ring is 1. The van der Waals surface area contributed by atoms with Crippen LogP contribution in [0.25, 0.3) is 0 Å². The number of carbonyl (C=O) groups excluding carboxylic acids is 1. The number of hydrogen-bond donors (Lipinski definition) is 2. The van der Waals surface area contributed by atoms with Crippen molar-refractivity contribution in [3.8, 4) is 0 Å². The molecule has 6 heteroatoms. The maximum absolute atomic E-state index is 11.9. The molecule has 0 unspecified atom stereocenters. The van der Waals surface area contributed by atoms with Crippen molar-refractivity contribution >= 4 is 34.8 Å². The molecule has 116 valence electrons.